The number of aromatic nitrogens is 1. The number of hydrogen-bond acceptors (Lipinski definition) is 5. The van der Waals surface area contributed by atoms with Crippen molar-refractivity contribution in [2.75, 3.05) is 31.7 Å². The molecule has 0 bridgehead atoms. The Morgan fingerprint density at radius 3 is 2.61 bits per heavy atom. The Bertz CT molecular complexity index is 433. The third-order valence-electron chi connectivity index (χ3n) is 2.73. The molecule has 1 heterocycles. The van der Waals surface area contributed by atoms with Crippen LogP contribution in [0.5, 0.6) is 0 Å². The molecular formula is C13H21N5. The van der Waals surface area contributed by atoms with Gasteiger partial charge in [-0.1, -0.05) is 13.8 Å². The van der Waals surface area contributed by atoms with E-state index in [1.807, 2.05) is 20.2 Å². The predicted octanol–water partition coefficient (Wildman–Crippen LogP) is 1.53. The van der Waals surface area contributed by atoms with E-state index in [1.54, 1.807) is 6.07 Å². The Hall–Kier alpha value is -1.80. The number of nitrogens with zero attached hydrogens (tertiary/aromatic N) is 3. The molecule has 0 saturated heterocycles. The summed E-state index contributed by atoms with van der Waals surface area (Å²) in [5.41, 5.74) is 6.88. The van der Waals surface area contributed by atoms with Crippen LogP contribution in [-0.2, 0) is 0 Å². The van der Waals surface area contributed by atoms with Crippen LogP contribution < -0.4 is 11.1 Å². The van der Waals surface area contributed by atoms with E-state index in [0.29, 0.717) is 23.0 Å². The average molecular weight is 247 g/mol. The summed E-state index contributed by atoms with van der Waals surface area (Å²) in [5, 5.41) is 12.1. The number of rotatable bonds is 5. The normalized spacial score (nSPS) is 12.5. The quantitative estimate of drug-likeness (QED) is 0.825. The zero-order chi connectivity index (χ0) is 13.7. The van der Waals surface area contributed by atoms with Crippen molar-refractivity contribution in [1.82, 2.24) is 9.88 Å². The fraction of sp³-hybridized carbons (Fsp3) is 0.538. The van der Waals surface area contributed by atoms with Crippen LogP contribution in [0.3, 0.4) is 0 Å². The van der Waals surface area contributed by atoms with Crippen molar-refractivity contribution in [2.45, 2.75) is 19.9 Å². The van der Waals surface area contributed by atoms with Gasteiger partial charge in [-0.05, 0) is 26.1 Å². The molecule has 0 radical (unpaired) electrons. The summed E-state index contributed by atoms with van der Waals surface area (Å²) in [6.07, 6.45) is 1.53. The highest BCUT2D eigenvalue weighted by Crippen LogP contribution is 2.19. The minimum absolute atomic E-state index is 0.266. The van der Waals surface area contributed by atoms with E-state index in [9.17, 15) is 0 Å². The van der Waals surface area contributed by atoms with Gasteiger partial charge in [0.05, 0.1) is 11.3 Å². The molecule has 0 aromatic carbocycles. The summed E-state index contributed by atoms with van der Waals surface area (Å²) in [4.78, 5) is 6.32. The van der Waals surface area contributed by atoms with Crippen LogP contribution in [0.25, 0.3) is 0 Å². The first-order valence-corrected chi connectivity index (χ1v) is 6.01. The molecule has 0 amide bonds. The first kappa shape index (κ1) is 14.3. The second kappa shape index (κ2) is 6.22. The number of nitriles is 1. The minimum atomic E-state index is 0.266. The molecule has 0 aliphatic carbocycles. The van der Waals surface area contributed by atoms with Crippen LogP contribution in [0.1, 0.15) is 19.4 Å². The average Bonchev–Trinajstić information content (AvgIpc) is 2.29. The van der Waals surface area contributed by atoms with Crippen LogP contribution in [0.15, 0.2) is 12.3 Å². The first-order valence-electron chi connectivity index (χ1n) is 6.01. The van der Waals surface area contributed by atoms with Gasteiger partial charge in [-0.15, -0.1) is 0 Å². The van der Waals surface area contributed by atoms with E-state index in [2.05, 4.69) is 29.0 Å². The zero-order valence-electron chi connectivity index (χ0n) is 11.4. The Morgan fingerprint density at radius 2 is 2.17 bits per heavy atom. The lowest BCUT2D eigenvalue weighted by Crippen LogP contribution is -2.36. The molecule has 5 heteroatoms. The summed E-state index contributed by atoms with van der Waals surface area (Å²) in [6, 6.07) is 3.93. The molecule has 0 spiro atoms. The van der Waals surface area contributed by atoms with Crippen LogP contribution in [-0.4, -0.2) is 36.6 Å². The Kier molecular flexibility index (Phi) is 4.93. The smallest absolute Gasteiger partial charge is 0.149 e. The molecule has 18 heavy (non-hydrogen) atoms. The number of nitrogens with two attached hydrogens (primary N) is 1. The lowest BCUT2D eigenvalue weighted by Gasteiger charge is -2.26. The SMILES string of the molecule is CC(C)C(CN(C)C)Nc1ncc(C#N)cc1N. The van der Waals surface area contributed by atoms with Crippen molar-refractivity contribution in [2.24, 2.45) is 5.92 Å². The summed E-state index contributed by atoms with van der Waals surface area (Å²) in [5.74, 6) is 1.11. The van der Waals surface area contributed by atoms with Crippen LogP contribution in [0.4, 0.5) is 11.5 Å². The summed E-state index contributed by atoms with van der Waals surface area (Å²) in [6.45, 7) is 5.21. The molecule has 0 fully saturated rings. The molecule has 5 nitrogen and oxygen atoms in total. The monoisotopic (exact) mass is 247 g/mol. The molecule has 98 valence electrons. The van der Waals surface area contributed by atoms with E-state index < -0.39 is 0 Å². The molecule has 0 aliphatic rings. The fourth-order valence-electron chi connectivity index (χ4n) is 1.66. The highest BCUT2D eigenvalue weighted by Gasteiger charge is 2.16. The largest absolute Gasteiger partial charge is 0.396 e. The Balaban J connectivity index is 2.84. The number of nitrogen functional groups attached to an aromatic ring is 1. The van der Waals surface area contributed by atoms with Crippen LogP contribution >= 0.6 is 0 Å². The van der Waals surface area contributed by atoms with Crippen molar-refractivity contribution < 1.29 is 0 Å². The van der Waals surface area contributed by atoms with E-state index in [4.69, 9.17) is 11.0 Å². The van der Waals surface area contributed by atoms with Gasteiger partial charge < -0.3 is 16.0 Å². The molecule has 1 rings (SSSR count). The summed E-state index contributed by atoms with van der Waals surface area (Å²) in [7, 11) is 4.07. The maximum absolute atomic E-state index is 8.77. The maximum Gasteiger partial charge on any atom is 0.149 e. The molecule has 1 aromatic rings. The van der Waals surface area contributed by atoms with E-state index in [0.717, 1.165) is 6.54 Å². The van der Waals surface area contributed by atoms with E-state index in [-0.39, 0.29) is 6.04 Å². The fourth-order valence-corrected chi connectivity index (χ4v) is 1.66. The van der Waals surface area contributed by atoms with Gasteiger partial charge >= 0.3 is 0 Å². The molecular weight excluding hydrogens is 226 g/mol. The molecule has 1 atom stereocenters. The molecule has 0 saturated carbocycles. The molecule has 1 aromatic heterocycles. The van der Waals surface area contributed by atoms with Crippen molar-refractivity contribution >= 4 is 11.5 Å². The number of pyridine rings is 1. The lowest BCUT2D eigenvalue weighted by atomic mass is 10.0. The highest BCUT2D eigenvalue weighted by molar-refractivity contribution is 5.63. The topological polar surface area (TPSA) is 78.0 Å². The van der Waals surface area contributed by atoms with Crippen molar-refractivity contribution in [3.8, 4) is 6.07 Å². The predicted molar refractivity (Wildman–Crippen MR) is 74.2 cm³/mol. The van der Waals surface area contributed by atoms with Crippen molar-refractivity contribution in [1.29, 1.82) is 5.26 Å². The second-order valence-corrected chi connectivity index (χ2v) is 5.03. The second-order valence-electron chi connectivity index (χ2n) is 5.03. The Morgan fingerprint density at radius 1 is 1.50 bits per heavy atom. The number of likely N-dealkylation sites (N-methyl/N-ethyl adjacent to an activating group) is 1. The molecule has 0 aliphatic heterocycles. The van der Waals surface area contributed by atoms with Gasteiger partial charge in [0.15, 0.2) is 0 Å². The standard InChI is InChI=1S/C13H21N5/c1-9(2)12(8-18(3)4)17-13-11(15)5-10(6-14)7-16-13/h5,7,9,12H,8,15H2,1-4H3,(H,16,17). The van der Waals surface area contributed by atoms with Gasteiger partial charge in [0.2, 0.25) is 0 Å². The minimum Gasteiger partial charge on any atom is -0.396 e. The van der Waals surface area contributed by atoms with Gasteiger partial charge in [-0.3, -0.25) is 0 Å². The van der Waals surface area contributed by atoms with Crippen molar-refractivity contribution in [3.05, 3.63) is 17.8 Å². The van der Waals surface area contributed by atoms with E-state index in [1.165, 1.54) is 6.20 Å². The van der Waals surface area contributed by atoms with Crippen LogP contribution in [0.2, 0.25) is 0 Å². The van der Waals surface area contributed by atoms with Gasteiger partial charge in [0.25, 0.3) is 0 Å². The summed E-state index contributed by atoms with van der Waals surface area (Å²) < 4.78 is 0. The lowest BCUT2D eigenvalue weighted by molar-refractivity contribution is 0.344. The van der Waals surface area contributed by atoms with Gasteiger partial charge in [-0.2, -0.15) is 5.26 Å². The van der Waals surface area contributed by atoms with Gasteiger partial charge in [0, 0.05) is 18.8 Å². The number of nitrogens with one attached hydrogen (secondary N) is 1. The Labute approximate surface area is 109 Å². The van der Waals surface area contributed by atoms with Gasteiger partial charge in [-0.25, -0.2) is 4.98 Å². The third-order valence-corrected chi connectivity index (χ3v) is 2.73. The maximum atomic E-state index is 8.77. The number of hydrogen-bond donors (Lipinski definition) is 2. The van der Waals surface area contributed by atoms with Gasteiger partial charge in [0.1, 0.15) is 11.9 Å². The molecule has 3 N–H and O–H groups in total. The first-order chi connectivity index (χ1) is 8.43. The van der Waals surface area contributed by atoms with Crippen molar-refractivity contribution in [3.63, 3.8) is 0 Å². The van der Waals surface area contributed by atoms with Crippen LogP contribution in [0, 0.1) is 17.2 Å². The van der Waals surface area contributed by atoms with E-state index >= 15 is 0 Å². The highest BCUT2D eigenvalue weighted by atomic mass is 15.1. The molecule has 1 unspecified atom stereocenters. The third kappa shape index (κ3) is 3.90. The number of anilines is 2. The zero-order valence-corrected chi connectivity index (χ0v) is 11.4. The summed E-state index contributed by atoms with van der Waals surface area (Å²) >= 11 is 0.